The summed E-state index contributed by atoms with van der Waals surface area (Å²) in [6.07, 6.45) is -4.01. The van der Waals surface area contributed by atoms with Crippen LogP contribution < -0.4 is 21.3 Å². The van der Waals surface area contributed by atoms with E-state index in [1.807, 2.05) is 0 Å². The molecular weight excluding hydrogens is 518 g/mol. The maximum Gasteiger partial charge on any atom is 0.416 e. The van der Waals surface area contributed by atoms with Crippen LogP contribution in [-0.4, -0.2) is 52.4 Å². The van der Waals surface area contributed by atoms with Crippen LogP contribution in [0.3, 0.4) is 0 Å². The van der Waals surface area contributed by atoms with E-state index in [2.05, 4.69) is 21.3 Å². The lowest BCUT2D eigenvalue weighted by atomic mass is 10.0. The Morgan fingerprint density at radius 2 is 0.744 bits per heavy atom. The third kappa shape index (κ3) is 14.7. The third-order valence-electron chi connectivity index (χ3n) is 6.16. The first-order chi connectivity index (χ1) is 18.2. The van der Waals surface area contributed by atoms with Crippen LogP contribution in [0.25, 0.3) is 0 Å². The molecule has 222 valence electrons. The van der Waals surface area contributed by atoms with Crippen LogP contribution in [0.4, 0.5) is 26.3 Å². The van der Waals surface area contributed by atoms with E-state index in [-0.39, 0.29) is 7.43 Å². The van der Waals surface area contributed by atoms with Crippen molar-refractivity contribution in [3.8, 4) is 0 Å². The average Bonchev–Trinajstić information content (AvgIpc) is 2.87. The van der Waals surface area contributed by atoms with Crippen molar-refractivity contribution in [3.63, 3.8) is 0 Å². The quantitative estimate of drug-likeness (QED) is 0.124. The van der Waals surface area contributed by atoms with Crippen LogP contribution in [0.1, 0.15) is 55.4 Å². The van der Waals surface area contributed by atoms with Crippen LogP contribution in [0.5, 0.6) is 0 Å². The van der Waals surface area contributed by atoms with Gasteiger partial charge < -0.3 is 21.3 Å². The molecule has 0 aliphatic rings. The van der Waals surface area contributed by atoms with Crippen molar-refractivity contribution in [2.24, 2.45) is 0 Å². The molecule has 0 atom stereocenters. The lowest BCUT2D eigenvalue weighted by Gasteiger charge is -2.13. The fourth-order valence-corrected chi connectivity index (χ4v) is 4.15. The molecule has 2 aromatic carbocycles. The van der Waals surface area contributed by atoms with Gasteiger partial charge in [0.25, 0.3) is 0 Å². The van der Waals surface area contributed by atoms with E-state index < -0.39 is 23.5 Å². The summed E-state index contributed by atoms with van der Waals surface area (Å²) in [6.45, 7) is 6.10. The SMILES string of the molecule is C.FC(F)(F)c1ccccc1CCNCCCNCCCCNCCCNCCc1ccccc1C(F)(F)F. The molecular formula is C29H44F6N4. The highest BCUT2D eigenvalue weighted by Gasteiger charge is 2.33. The van der Waals surface area contributed by atoms with Crippen LogP contribution in [0.2, 0.25) is 0 Å². The zero-order valence-electron chi connectivity index (χ0n) is 21.8. The molecule has 0 aromatic heterocycles. The van der Waals surface area contributed by atoms with Crippen molar-refractivity contribution in [1.82, 2.24) is 21.3 Å². The van der Waals surface area contributed by atoms with Crippen molar-refractivity contribution in [2.45, 2.75) is 58.3 Å². The van der Waals surface area contributed by atoms with E-state index in [0.717, 1.165) is 77.1 Å². The molecule has 2 rings (SSSR count). The first kappa shape index (κ1) is 34.9. The first-order valence-corrected chi connectivity index (χ1v) is 13.3. The number of hydrogen-bond donors (Lipinski definition) is 4. The minimum absolute atomic E-state index is 0. The van der Waals surface area contributed by atoms with Gasteiger partial charge in [-0.05, 0) is 114 Å². The molecule has 0 bridgehead atoms. The predicted octanol–water partition coefficient (Wildman–Crippen LogP) is 6.06. The van der Waals surface area contributed by atoms with Gasteiger partial charge in [-0.3, -0.25) is 0 Å². The predicted molar refractivity (Wildman–Crippen MR) is 147 cm³/mol. The third-order valence-corrected chi connectivity index (χ3v) is 6.16. The minimum atomic E-state index is -4.31. The second-order valence-corrected chi connectivity index (χ2v) is 9.22. The molecule has 0 saturated heterocycles. The summed E-state index contributed by atoms with van der Waals surface area (Å²) in [5.74, 6) is 0. The first-order valence-electron chi connectivity index (χ1n) is 13.3. The van der Waals surface area contributed by atoms with E-state index in [0.29, 0.717) is 37.1 Å². The summed E-state index contributed by atoms with van der Waals surface area (Å²) in [4.78, 5) is 0. The van der Waals surface area contributed by atoms with Gasteiger partial charge in [-0.1, -0.05) is 43.8 Å². The molecule has 0 aliphatic carbocycles. The number of alkyl halides is 6. The van der Waals surface area contributed by atoms with Gasteiger partial charge in [0, 0.05) is 0 Å². The summed E-state index contributed by atoms with van der Waals surface area (Å²) in [7, 11) is 0. The largest absolute Gasteiger partial charge is 0.416 e. The number of halogens is 6. The summed E-state index contributed by atoms with van der Waals surface area (Å²) >= 11 is 0. The molecule has 10 heteroatoms. The van der Waals surface area contributed by atoms with Crippen molar-refractivity contribution in [2.75, 3.05) is 52.4 Å². The molecule has 0 spiro atoms. The van der Waals surface area contributed by atoms with Gasteiger partial charge in [-0.2, -0.15) is 26.3 Å². The fraction of sp³-hybridized carbons (Fsp3) is 0.586. The molecule has 0 heterocycles. The lowest BCUT2D eigenvalue weighted by molar-refractivity contribution is -0.139. The van der Waals surface area contributed by atoms with Gasteiger partial charge >= 0.3 is 12.4 Å². The van der Waals surface area contributed by atoms with E-state index in [9.17, 15) is 26.3 Å². The molecule has 0 radical (unpaired) electrons. The zero-order valence-corrected chi connectivity index (χ0v) is 21.8. The second kappa shape index (κ2) is 19.0. The molecule has 4 N–H and O–H groups in total. The lowest BCUT2D eigenvalue weighted by Crippen LogP contribution is -2.26. The summed E-state index contributed by atoms with van der Waals surface area (Å²) in [6, 6.07) is 11.4. The number of rotatable bonds is 19. The van der Waals surface area contributed by atoms with Crippen molar-refractivity contribution in [3.05, 3.63) is 70.8 Å². The van der Waals surface area contributed by atoms with Gasteiger partial charge in [0.1, 0.15) is 0 Å². The molecule has 2 aromatic rings. The summed E-state index contributed by atoms with van der Waals surface area (Å²) < 4.78 is 78.0. The van der Waals surface area contributed by atoms with Gasteiger partial charge in [0.2, 0.25) is 0 Å². The maximum absolute atomic E-state index is 13.0. The topological polar surface area (TPSA) is 48.1 Å². The summed E-state index contributed by atoms with van der Waals surface area (Å²) in [5, 5.41) is 13.2. The van der Waals surface area contributed by atoms with Gasteiger partial charge in [0.15, 0.2) is 0 Å². The Morgan fingerprint density at radius 3 is 1.10 bits per heavy atom. The average molecular weight is 563 g/mol. The molecule has 4 nitrogen and oxygen atoms in total. The number of nitrogens with one attached hydrogen (secondary N) is 4. The Balaban J connectivity index is 0.00000760. The molecule has 0 fully saturated rings. The molecule has 39 heavy (non-hydrogen) atoms. The second-order valence-electron chi connectivity index (χ2n) is 9.22. The van der Waals surface area contributed by atoms with E-state index in [4.69, 9.17) is 0 Å². The Kier molecular flexibility index (Phi) is 17.0. The van der Waals surface area contributed by atoms with E-state index >= 15 is 0 Å². The fourth-order valence-electron chi connectivity index (χ4n) is 4.15. The Morgan fingerprint density at radius 1 is 0.436 bits per heavy atom. The monoisotopic (exact) mass is 562 g/mol. The Hall–Kier alpha value is -2.14. The maximum atomic E-state index is 13.0. The number of hydrogen-bond acceptors (Lipinski definition) is 4. The van der Waals surface area contributed by atoms with Gasteiger partial charge in [-0.15, -0.1) is 0 Å². The van der Waals surface area contributed by atoms with Crippen LogP contribution in [0, 0.1) is 0 Å². The van der Waals surface area contributed by atoms with E-state index in [1.54, 1.807) is 12.1 Å². The molecule has 0 saturated carbocycles. The van der Waals surface area contributed by atoms with Gasteiger partial charge in [0.05, 0.1) is 11.1 Å². The van der Waals surface area contributed by atoms with Crippen molar-refractivity contribution < 1.29 is 26.3 Å². The van der Waals surface area contributed by atoms with Crippen LogP contribution in [-0.2, 0) is 25.2 Å². The highest BCUT2D eigenvalue weighted by Crippen LogP contribution is 2.32. The molecule has 0 amide bonds. The van der Waals surface area contributed by atoms with Crippen LogP contribution in [0.15, 0.2) is 48.5 Å². The zero-order chi connectivity index (χ0) is 27.7. The van der Waals surface area contributed by atoms with Crippen molar-refractivity contribution >= 4 is 0 Å². The molecule has 0 unspecified atom stereocenters. The Labute approximate surface area is 229 Å². The molecule has 0 aliphatic heterocycles. The number of unbranched alkanes of at least 4 members (excludes halogenated alkanes) is 1. The minimum Gasteiger partial charge on any atom is -0.317 e. The highest BCUT2D eigenvalue weighted by molar-refractivity contribution is 5.30. The normalized spacial score (nSPS) is 11.9. The summed E-state index contributed by atoms with van der Waals surface area (Å²) in [5.41, 5.74) is -0.470. The number of benzene rings is 2. The van der Waals surface area contributed by atoms with Gasteiger partial charge in [-0.25, -0.2) is 0 Å². The van der Waals surface area contributed by atoms with Crippen molar-refractivity contribution in [1.29, 1.82) is 0 Å². The Bertz CT molecular complexity index is 828. The van der Waals surface area contributed by atoms with E-state index in [1.165, 1.54) is 24.3 Å². The highest BCUT2D eigenvalue weighted by atomic mass is 19.4. The van der Waals surface area contributed by atoms with Crippen LogP contribution >= 0.6 is 0 Å². The smallest absolute Gasteiger partial charge is 0.317 e. The standard InChI is InChI=1S/C28H40F6N4.CH4/c29-27(30,31)25-11-3-1-9-23(25)13-21-37-19-7-17-35-15-5-6-16-36-18-8-20-38-22-14-24-10-2-4-12-26(24)28(32,33)34;/h1-4,9-12,35-38H,5-8,13-22H2;1H4.